The van der Waals surface area contributed by atoms with Crippen LogP contribution in [-0.4, -0.2) is 15.3 Å². The van der Waals surface area contributed by atoms with Crippen LogP contribution in [0.15, 0.2) is 23.7 Å². The van der Waals surface area contributed by atoms with Crippen molar-refractivity contribution in [1.29, 1.82) is 0 Å². The minimum absolute atomic E-state index is 0.141. The largest absolute Gasteiger partial charge is 0.308 e. The molecular weight excluding hydrogens is 242 g/mol. The fourth-order valence-electron chi connectivity index (χ4n) is 1.73. The number of thiophene rings is 1. The zero-order valence-corrected chi connectivity index (χ0v) is 12.3. The van der Waals surface area contributed by atoms with Crippen LogP contribution < -0.4 is 5.32 Å². The monoisotopic (exact) mass is 263 g/mol. The van der Waals surface area contributed by atoms with Gasteiger partial charge in [-0.15, -0.1) is 11.3 Å². The highest BCUT2D eigenvalue weighted by Gasteiger charge is 2.12. The zero-order valence-electron chi connectivity index (χ0n) is 11.5. The highest BCUT2D eigenvalue weighted by molar-refractivity contribution is 7.09. The van der Waals surface area contributed by atoms with Gasteiger partial charge in [-0.25, -0.2) is 0 Å². The number of aromatic nitrogens is 2. The molecule has 2 heterocycles. The van der Waals surface area contributed by atoms with Gasteiger partial charge in [0.1, 0.15) is 0 Å². The predicted molar refractivity (Wildman–Crippen MR) is 77.0 cm³/mol. The lowest BCUT2D eigenvalue weighted by atomic mass is 10.1. The van der Waals surface area contributed by atoms with E-state index in [9.17, 15) is 0 Å². The van der Waals surface area contributed by atoms with E-state index in [0.29, 0.717) is 0 Å². The maximum absolute atomic E-state index is 4.47. The second kappa shape index (κ2) is 5.24. The van der Waals surface area contributed by atoms with Gasteiger partial charge in [0.15, 0.2) is 0 Å². The normalized spacial score (nSPS) is 12.0. The zero-order chi connectivity index (χ0) is 13.2. The lowest BCUT2D eigenvalue weighted by molar-refractivity contribution is 0.423. The number of nitrogens with zero attached hydrogens (tertiary/aromatic N) is 2. The van der Waals surface area contributed by atoms with Crippen LogP contribution in [0.3, 0.4) is 0 Å². The molecule has 2 aromatic heterocycles. The summed E-state index contributed by atoms with van der Waals surface area (Å²) in [4.78, 5) is 1.34. The third-order valence-corrected chi connectivity index (χ3v) is 3.76. The molecule has 0 aliphatic carbocycles. The first-order valence-corrected chi connectivity index (χ1v) is 7.12. The SMILES string of the molecule is Cc1c(CNC(C)(C)C)cnn1Cc1cccs1. The topological polar surface area (TPSA) is 29.9 Å². The second-order valence-electron chi connectivity index (χ2n) is 5.60. The summed E-state index contributed by atoms with van der Waals surface area (Å²) < 4.78 is 2.07. The Labute approximate surface area is 113 Å². The molecule has 18 heavy (non-hydrogen) atoms. The Bertz CT molecular complexity index is 492. The van der Waals surface area contributed by atoms with E-state index in [0.717, 1.165) is 13.1 Å². The summed E-state index contributed by atoms with van der Waals surface area (Å²) in [6, 6.07) is 4.24. The first-order valence-electron chi connectivity index (χ1n) is 6.24. The van der Waals surface area contributed by atoms with Gasteiger partial charge >= 0.3 is 0 Å². The van der Waals surface area contributed by atoms with Crippen molar-refractivity contribution in [3.05, 3.63) is 39.8 Å². The average Bonchev–Trinajstić information content (AvgIpc) is 2.88. The van der Waals surface area contributed by atoms with Crippen LogP contribution in [-0.2, 0) is 13.1 Å². The fourth-order valence-corrected chi connectivity index (χ4v) is 2.41. The van der Waals surface area contributed by atoms with E-state index >= 15 is 0 Å². The first kappa shape index (κ1) is 13.3. The van der Waals surface area contributed by atoms with E-state index in [1.807, 2.05) is 6.20 Å². The van der Waals surface area contributed by atoms with Crippen molar-refractivity contribution in [1.82, 2.24) is 15.1 Å². The lowest BCUT2D eigenvalue weighted by Crippen LogP contribution is -2.35. The van der Waals surface area contributed by atoms with Crippen molar-refractivity contribution >= 4 is 11.3 Å². The molecular formula is C14H21N3S. The Morgan fingerprint density at radius 1 is 1.39 bits per heavy atom. The van der Waals surface area contributed by atoms with E-state index in [2.05, 4.69) is 60.3 Å². The molecule has 0 amide bonds. The van der Waals surface area contributed by atoms with Crippen molar-refractivity contribution in [2.24, 2.45) is 0 Å². The van der Waals surface area contributed by atoms with Crippen LogP contribution in [0.4, 0.5) is 0 Å². The first-order chi connectivity index (χ1) is 8.46. The average molecular weight is 263 g/mol. The Morgan fingerprint density at radius 3 is 2.78 bits per heavy atom. The summed E-state index contributed by atoms with van der Waals surface area (Å²) in [6.07, 6.45) is 1.97. The standard InChI is InChI=1S/C14H21N3S/c1-11-12(8-15-14(2,3)4)9-16-17(11)10-13-6-5-7-18-13/h5-7,9,15H,8,10H2,1-4H3. The molecule has 0 unspecified atom stereocenters. The molecule has 3 nitrogen and oxygen atoms in total. The van der Waals surface area contributed by atoms with Crippen molar-refractivity contribution in [2.75, 3.05) is 0 Å². The van der Waals surface area contributed by atoms with Gasteiger partial charge in [-0.05, 0) is 39.1 Å². The van der Waals surface area contributed by atoms with Crippen molar-refractivity contribution in [3.8, 4) is 0 Å². The molecule has 4 heteroatoms. The van der Waals surface area contributed by atoms with E-state index in [-0.39, 0.29) is 5.54 Å². The highest BCUT2D eigenvalue weighted by atomic mass is 32.1. The minimum Gasteiger partial charge on any atom is -0.308 e. The Balaban J connectivity index is 2.04. The van der Waals surface area contributed by atoms with Crippen LogP contribution in [0.25, 0.3) is 0 Å². The number of rotatable bonds is 4. The van der Waals surface area contributed by atoms with Gasteiger partial charge in [-0.3, -0.25) is 4.68 Å². The quantitative estimate of drug-likeness (QED) is 0.918. The number of nitrogens with one attached hydrogen (secondary N) is 1. The van der Waals surface area contributed by atoms with Crippen molar-refractivity contribution in [2.45, 2.75) is 46.3 Å². The lowest BCUT2D eigenvalue weighted by Gasteiger charge is -2.20. The third kappa shape index (κ3) is 3.43. The summed E-state index contributed by atoms with van der Waals surface area (Å²) in [7, 11) is 0. The molecule has 1 N–H and O–H groups in total. The van der Waals surface area contributed by atoms with Crippen LogP contribution in [0.1, 0.15) is 36.9 Å². The summed E-state index contributed by atoms with van der Waals surface area (Å²) >= 11 is 1.78. The molecule has 0 aliphatic heterocycles. The molecule has 0 aliphatic rings. The van der Waals surface area contributed by atoms with Gasteiger partial charge in [0.05, 0.1) is 12.7 Å². The number of hydrogen-bond acceptors (Lipinski definition) is 3. The van der Waals surface area contributed by atoms with Crippen LogP contribution in [0.5, 0.6) is 0 Å². The second-order valence-corrected chi connectivity index (χ2v) is 6.63. The number of hydrogen-bond donors (Lipinski definition) is 1. The maximum atomic E-state index is 4.47. The predicted octanol–water partition coefficient (Wildman–Crippen LogP) is 3.19. The van der Waals surface area contributed by atoms with Gasteiger partial charge < -0.3 is 5.32 Å². The molecule has 0 bridgehead atoms. The highest BCUT2D eigenvalue weighted by Crippen LogP contribution is 2.14. The summed E-state index contributed by atoms with van der Waals surface area (Å²) in [6.45, 7) is 10.4. The van der Waals surface area contributed by atoms with E-state index < -0.39 is 0 Å². The van der Waals surface area contributed by atoms with E-state index in [1.165, 1.54) is 16.1 Å². The smallest absolute Gasteiger partial charge is 0.0755 e. The van der Waals surface area contributed by atoms with Crippen LogP contribution >= 0.6 is 11.3 Å². The molecule has 0 atom stereocenters. The Kier molecular flexibility index (Phi) is 3.88. The summed E-state index contributed by atoms with van der Waals surface area (Å²) in [5.41, 5.74) is 2.67. The van der Waals surface area contributed by atoms with Gasteiger partial charge in [-0.2, -0.15) is 5.10 Å². The van der Waals surface area contributed by atoms with Gasteiger partial charge in [0, 0.05) is 28.2 Å². The molecule has 0 saturated heterocycles. The molecule has 0 radical (unpaired) electrons. The molecule has 98 valence electrons. The molecule has 0 fully saturated rings. The molecule has 2 rings (SSSR count). The molecule has 0 saturated carbocycles. The van der Waals surface area contributed by atoms with Gasteiger partial charge in [-0.1, -0.05) is 6.07 Å². The molecule has 0 aromatic carbocycles. The molecule has 0 spiro atoms. The summed E-state index contributed by atoms with van der Waals surface area (Å²) in [5, 5.41) is 10.1. The van der Waals surface area contributed by atoms with Crippen molar-refractivity contribution < 1.29 is 0 Å². The Hall–Kier alpha value is -1.13. The third-order valence-electron chi connectivity index (χ3n) is 2.90. The van der Waals surface area contributed by atoms with E-state index in [1.54, 1.807) is 11.3 Å². The van der Waals surface area contributed by atoms with Gasteiger partial charge in [0.25, 0.3) is 0 Å². The summed E-state index contributed by atoms with van der Waals surface area (Å²) in [5.74, 6) is 0. The van der Waals surface area contributed by atoms with Crippen LogP contribution in [0, 0.1) is 6.92 Å². The maximum Gasteiger partial charge on any atom is 0.0755 e. The van der Waals surface area contributed by atoms with Crippen LogP contribution in [0.2, 0.25) is 0 Å². The molecule has 2 aromatic rings. The Morgan fingerprint density at radius 2 is 2.17 bits per heavy atom. The van der Waals surface area contributed by atoms with Gasteiger partial charge in [0.2, 0.25) is 0 Å². The fraction of sp³-hybridized carbons (Fsp3) is 0.500. The minimum atomic E-state index is 0.141. The van der Waals surface area contributed by atoms with E-state index in [4.69, 9.17) is 0 Å². The van der Waals surface area contributed by atoms with Crippen molar-refractivity contribution in [3.63, 3.8) is 0 Å².